The van der Waals surface area contributed by atoms with Crippen LogP contribution in [0.2, 0.25) is 0 Å². The number of nitrogens with zero attached hydrogens (tertiary/aromatic N) is 1. The van der Waals surface area contributed by atoms with Crippen molar-refractivity contribution in [3.05, 3.63) is 35.4 Å². The number of rotatable bonds is 4. The minimum atomic E-state index is 0.0968. The lowest BCUT2D eigenvalue weighted by molar-refractivity contribution is -0.127. The third-order valence-electron chi connectivity index (χ3n) is 2.60. The van der Waals surface area contributed by atoms with Crippen LogP contribution in [0, 0.1) is 6.92 Å². The maximum absolute atomic E-state index is 11.4. The molecule has 0 aliphatic heterocycles. The van der Waals surface area contributed by atoms with E-state index in [4.69, 9.17) is 0 Å². The third kappa shape index (κ3) is 3.66. The summed E-state index contributed by atoms with van der Waals surface area (Å²) in [5, 5.41) is 3.22. The molecule has 1 N–H and O–H groups in total. The van der Waals surface area contributed by atoms with Gasteiger partial charge in [-0.1, -0.05) is 29.8 Å². The molecule has 1 aromatic rings. The van der Waals surface area contributed by atoms with E-state index in [1.54, 1.807) is 19.0 Å². The molecule has 1 atom stereocenters. The van der Waals surface area contributed by atoms with Crippen molar-refractivity contribution < 1.29 is 4.79 Å². The Balaban J connectivity index is 2.53. The number of carbonyl (C=O) groups is 1. The number of nitrogens with one attached hydrogen (secondary N) is 1. The molecule has 1 aromatic carbocycles. The molecule has 0 saturated heterocycles. The topological polar surface area (TPSA) is 32.3 Å². The third-order valence-corrected chi connectivity index (χ3v) is 2.60. The highest BCUT2D eigenvalue weighted by Gasteiger charge is 2.08. The van der Waals surface area contributed by atoms with Gasteiger partial charge in [-0.2, -0.15) is 0 Å². The van der Waals surface area contributed by atoms with Gasteiger partial charge < -0.3 is 10.2 Å². The first-order chi connectivity index (χ1) is 7.50. The molecule has 0 fully saturated rings. The molecule has 16 heavy (non-hydrogen) atoms. The largest absolute Gasteiger partial charge is 0.348 e. The van der Waals surface area contributed by atoms with Crippen LogP contribution in [-0.2, 0) is 4.79 Å². The minimum Gasteiger partial charge on any atom is -0.348 e. The van der Waals surface area contributed by atoms with E-state index in [0.29, 0.717) is 6.54 Å². The molecule has 0 unspecified atom stereocenters. The molecule has 0 aliphatic rings. The summed E-state index contributed by atoms with van der Waals surface area (Å²) < 4.78 is 0. The van der Waals surface area contributed by atoms with Crippen molar-refractivity contribution in [1.29, 1.82) is 0 Å². The first-order valence-electron chi connectivity index (χ1n) is 5.51. The van der Waals surface area contributed by atoms with Crippen LogP contribution >= 0.6 is 0 Å². The summed E-state index contributed by atoms with van der Waals surface area (Å²) in [6.07, 6.45) is 0. The predicted octanol–water partition coefficient (Wildman–Crippen LogP) is 1.73. The van der Waals surface area contributed by atoms with Gasteiger partial charge in [0.15, 0.2) is 0 Å². The quantitative estimate of drug-likeness (QED) is 0.838. The first kappa shape index (κ1) is 12.7. The lowest BCUT2D eigenvalue weighted by atomic mass is 10.1. The van der Waals surface area contributed by atoms with E-state index in [1.807, 2.05) is 6.07 Å². The molecule has 3 heteroatoms. The second-order valence-corrected chi connectivity index (χ2v) is 4.30. The van der Waals surface area contributed by atoms with Crippen LogP contribution in [0.15, 0.2) is 24.3 Å². The van der Waals surface area contributed by atoms with Gasteiger partial charge in [-0.25, -0.2) is 0 Å². The highest BCUT2D eigenvalue weighted by Crippen LogP contribution is 2.13. The van der Waals surface area contributed by atoms with Gasteiger partial charge in [0.1, 0.15) is 0 Å². The standard InChI is InChI=1S/C13H20N2O/c1-10-6-5-7-12(8-10)11(2)14-9-13(16)15(3)4/h5-8,11,14H,9H2,1-4H3/t11-/m1/s1. The van der Waals surface area contributed by atoms with Crippen molar-refractivity contribution >= 4 is 5.91 Å². The fraction of sp³-hybridized carbons (Fsp3) is 0.462. The Morgan fingerprint density at radius 1 is 1.44 bits per heavy atom. The second-order valence-electron chi connectivity index (χ2n) is 4.30. The number of hydrogen-bond donors (Lipinski definition) is 1. The van der Waals surface area contributed by atoms with E-state index in [-0.39, 0.29) is 11.9 Å². The number of benzene rings is 1. The molecule has 0 saturated carbocycles. The zero-order valence-electron chi connectivity index (χ0n) is 10.4. The van der Waals surface area contributed by atoms with Gasteiger partial charge in [-0.15, -0.1) is 0 Å². The number of carbonyl (C=O) groups excluding carboxylic acids is 1. The van der Waals surface area contributed by atoms with Crippen LogP contribution in [0.4, 0.5) is 0 Å². The van der Waals surface area contributed by atoms with Crippen LogP contribution in [0.1, 0.15) is 24.1 Å². The van der Waals surface area contributed by atoms with Crippen molar-refractivity contribution in [3.63, 3.8) is 0 Å². The van der Waals surface area contributed by atoms with E-state index >= 15 is 0 Å². The molecule has 0 aliphatic carbocycles. The number of aryl methyl sites for hydroxylation is 1. The fourth-order valence-corrected chi connectivity index (χ4v) is 1.46. The second kappa shape index (κ2) is 5.66. The Morgan fingerprint density at radius 3 is 2.69 bits per heavy atom. The Labute approximate surface area is 97.5 Å². The average molecular weight is 220 g/mol. The minimum absolute atomic E-state index is 0.0968. The Bertz CT molecular complexity index is 361. The van der Waals surface area contributed by atoms with Gasteiger partial charge in [0.25, 0.3) is 0 Å². The molecule has 0 spiro atoms. The van der Waals surface area contributed by atoms with E-state index in [1.165, 1.54) is 11.1 Å². The van der Waals surface area contributed by atoms with Crippen LogP contribution in [0.25, 0.3) is 0 Å². The molecule has 0 radical (unpaired) electrons. The Morgan fingerprint density at radius 2 is 2.12 bits per heavy atom. The van der Waals surface area contributed by atoms with Crippen LogP contribution in [0.3, 0.4) is 0 Å². The van der Waals surface area contributed by atoms with Gasteiger partial charge in [-0.05, 0) is 19.4 Å². The SMILES string of the molecule is Cc1cccc([C@@H](C)NCC(=O)N(C)C)c1. The molecule has 0 aromatic heterocycles. The van der Waals surface area contributed by atoms with E-state index in [2.05, 4.69) is 37.4 Å². The van der Waals surface area contributed by atoms with Gasteiger partial charge in [0, 0.05) is 20.1 Å². The lowest BCUT2D eigenvalue weighted by Gasteiger charge is -2.16. The van der Waals surface area contributed by atoms with Crippen molar-refractivity contribution in [2.75, 3.05) is 20.6 Å². The monoisotopic (exact) mass is 220 g/mol. The highest BCUT2D eigenvalue weighted by atomic mass is 16.2. The Hall–Kier alpha value is -1.35. The summed E-state index contributed by atoms with van der Waals surface area (Å²) in [6, 6.07) is 8.52. The summed E-state index contributed by atoms with van der Waals surface area (Å²) in [7, 11) is 3.53. The molecule has 88 valence electrons. The normalized spacial score (nSPS) is 12.2. The zero-order valence-corrected chi connectivity index (χ0v) is 10.4. The predicted molar refractivity (Wildman–Crippen MR) is 66.3 cm³/mol. The zero-order chi connectivity index (χ0) is 12.1. The maximum atomic E-state index is 11.4. The van der Waals surface area contributed by atoms with E-state index < -0.39 is 0 Å². The summed E-state index contributed by atoms with van der Waals surface area (Å²) >= 11 is 0. The number of amides is 1. The smallest absolute Gasteiger partial charge is 0.236 e. The van der Waals surface area contributed by atoms with Crippen molar-refractivity contribution in [2.24, 2.45) is 0 Å². The van der Waals surface area contributed by atoms with Crippen molar-refractivity contribution in [1.82, 2.24) is 10.2 Å². The molecule has 1 rings (SSSR count). The molecule has 3 nitrogen and oxygen atoms in total. The Kier molecular flexibility index (Phi) is 4.50. The van der Waals surface area contributed by atoms with Gasteiger partial charge in [-0.3, -0.25) is 4.79 Å². The summed E-state index contributed by atoms with van der Waals surface area (Å²) in [5.41, 5.74) is 2.46. The maximum Gasteiger partial charge on any atom is 0.236 e. The molecule has 1 amide bonds. The average Bonchev–Trinajstić information content (AvgIpc) is 2.25. The summed E-state index contributed by atoms with van der Waals surface area (Å²) in [6.45, 7) is 4.51. The number of likely N-dealkylation sites (N-methyl/N-ethyl adjacent to an activating group) is 1. The van der Waals surface area contributed by atoms with E-state index in [0.717, 1.165) is 0 Å². The van der Waals surface area contributed by atoms with Crippen LogP contribution < -0.4 is 5.32 Å². The molecular weight excluding hydrogens is 200 g/mol. The highest BCUT2D eigenvalue weighted by molar-refractivity contribution is 5.77. The summed E-state index contributed by atoms with van der Waals surface area (Å²) in [4.78, 5) is 13.0. The molecular formula is C13H20N2O. The number of hydrogen-bond acceptors (Lipinski definition) is 2. The summed E-state index contributed by atoms with van der Waals surface area (Å²) in [5.74, 6) is 0.0968. The van der Waals surface area contributed by atoms with Gasteiger partial charge in [0.05, 0.1) is 6.54 Å². The van der Waals surface area contributed by atoms with Gasteiger partial charge in [0.2, 0.25) is 5.91 Å². The van der Waals surface area contributed by atoms with Crippen LogP contribution in [-0.4, -0.2) is 31.4 Å². The van der Waals surface area contributed by atoms with Crippen molar-refractivity contribution in [2.45, 2.75) is 19.9 Å². The molecule has 0 heterocycles. The van der Waals surface area contributed by atoms with Gasteiger partial charge >= 0.3 is 0 Å². The molecule has 0 bridgehead atoms. The first-order valence-corrected chi connectivity index (χ1v) is 5.51. The van der Waals surface area contributed by atoms with Crippen molar-refractivity contribution in [3.8, 4) is 0 Å². The lowest BCUT2D eigenvalue weighted by Crippen LogP contribution is -2.34. The van der Waals surface area contributed by atoms with Crippen LogP contribution in [0.5, 0.6) is 0 Å². The fourth-order valence-electron chi connectivity index (χ4n) is 1.46. The van der Waals surface area contributed by atoms with E-state index in [9.17, 15) is 4.79 Å².